The van der Waals surface area contributed by atoms with Gasteiger partial charge in [0.05, 0.1) is 12.1 Å². The van der Waals surface area contributed by atoms with Crippen molar-refractivity contribution < 1.29 is 22.8 Å². The molecule has 0 bridgehead atoms. The van der Waals surface area contributed by atoms with Gasteiger partial charge in [0, 0.05) is 30.7 Å². The third-order valence-electron chi connectivity index (χ3n) is 7.24. The van der Waals surface area contributed by atoms with Gasteiger partial charge in [-0.3, -0.25) is 9.59 Å². The maximum Gasteiger partial charge on any atom is 0.416 e. The minimum Gasteiger partial charge on any atom is -0.352 e. The molecule has 2 amide bonds. The van der Waals surface area contributed by atoms with E-state index in [1.54, 1.807) is 0 Å². The van der Waals surface area contributed by atoms with Crippen LogP contribution in [-0.4, -0.2) is 48.4 Å². The van der Waals surface area contributed by atoms with Crippen molar-refractivity contribution in [2.45, 2.75) is 62.7 Å². The van der Waals surface area contributed by atoms with E-state index in [4.69, 9.17) is 0 Å². The summed E-state index contributed by atoms with van der Waals surface area (Å²) < 4.78 is 38.5. The number of alkyl halides is 3. The number of halogens is 3. The summed E-state index contributed by atoms with van der Waals surface area (Å²) in [7, 11) is 0. The smallest absolute Gasteiger partial charge is 0.352 e. The maximum absolute atomic E-state index is 12.8. The first kappa shape index (κ1) is 25.2. The van der Waals surface area contributed by atoms with E-state index in [0.29, 0.717) is 12.0 Å². The molecule has 2 aromatic rings. The molecule has 0 unspecified atom stereocenters. The van der Waals surface area contributed by atoms with Gasteiger partial charge in [0.25, 0.3) is 5.91 Å². The van der Waals surface area contributed by atoms with Gasteiger partial charge in [-0.05, 0) is 68.2 Å². The Bertz CT molecular complexity index is 996. The number of nitrogens with zero attached hydrogens (tertiary/aromatic N) is 1. The first-order valence-electron chi connectivity index (χ1n) is 12.3. The largest absolute Gasteiger partial charge is 0.416 e. The molecular formula is C27H32F3N3O2. The quantitative estimate of drug-likeness (QED) is 0.619. The Morgan fingerprint density at radius 3 is 2.23 bits per heavy atom. The molecule has 2 aromatic carbocycles. The third kappa shape index (κ3) is 6.84. The zero-order valence-electron chi connectivity index (χ0n) is 19.7. The number of hydrogen-bond acceptors (Lipinski definition) is 3. The minimum atomic E-state index is -4.52. The lowest BCUT2D eigenvalue weighted by Gasteiger charge is -2.41. The molecule has 0 spiro atoms. The van der Waals surface area contributed by atoms with Crippen LogP contribution in [0, 0.1) is 0 Å². The summed E-state index contributed by atoms with van der Waals surface area (Å²) in [5.74, 6) is -0.380. The number of carbonyl (C=O) groups excluding carboxylic acids is 2. The number of benzene rings is 2. The monoisotopic (exact) mass is 487 g/mol. The third-order valence-corrected chi connectivity index (χ3v) is 7.24. The lowest BCUT2D eigenvalue weighted by molar-refractivity contribution is -0.137. The van der Waals surface area contributed by atoms with Crippen molar-refractivity contribution >= 4 is 11.8 Å². The van der Waals surface area contributed by atoms with Crippen molar-refractivity contribution in [2.75, 3.05) is 19.6 Å². The van der Waals surface area contributed by atoms with Gasteiger partial charge in [0.2, 0.25) is 5.91 Å². The molecule has 2 aliphatic rings. The van der Waals surface area contributed by atoms with Gasteiger partial charge in [-0.15, -0.1) is 0 Å². The molecule has 0 radical (unpaired) electrons. The van der Waals surface area contributed by atoms with E-state index in [2.05, 4.69) is 45.9 Å². The van der Waals surface area contributed by atoms with Crippen LogP contribution in [-0.2, 0) is 11.0 Å². The predicted octanol–water partition coefficient (Wildman–Crippen LogP) is 4.74. The van der Waals surface area contributed by atoms with E-state index in [9.17, 15) is 22.8 Å². The second kappa shape index (κ2) is 11.2. The summed E-state index contributed by atoms with van der Waals surface area (Å²) in [4.78, 5) is 27.0. The van der Waals surface area contributed by atoms with Crippen LogP contribution in [0.1, 0.15) is 65.9 Å². The Hall–Kier alpha value is -2.87. The summed E-state index contributed by atoms with van der Waals surface area (Å²) in [5.41, 5.74) is 0.422. The molecule has 8 heteroatoms. The van der Waals surface area contributed by atoms with E-state index >= 15 is 0 Å². The summed E-state index contributed by atoms with van der Waals surface area (Å²) >= 11 is 0. The molecule has 2 N–H and O–H groups in total. The lowest BCUT2D eigenvalue weighted by Crippen LogP contribution is -2.50. The van der Waals surface area contributed by atoms with Gasteiger partial charge >= 0.3 is 6.18 Å². The van der Waals surface area contributed by atoms with E-state index < -0.39 is 17.6 Å². The summed E-state index contributed by atoms with van der Waals surface area (Å²) in [6.45, 7) is 1.60. The van der Waals surface area contributed by atoms with E-state index in [-0.39, 0.29) is 24.1 Å². The molecule has 1 heterocycles. The van der Waals surface area contributed by atoms with E-state index in [1.165, 1.54) is 43.4 Å². The van der Waals surface area contributed by atoms with Gasteiger partial charge < -0.3 is 15.5 Å². The topological polar surface area (TPSA) is 61.4 Å². The first-order valence-corrected chi connectivity index (χ1v) is 12.3. The molecule has 0 aromatic heterocycles. The number of hydrogen-bond donors (Lipinski definition) is 2. The SMILES string of the molecule is O=C(CNC(=O)c1cccc(C(F)(F)F)c1)NC1CCN(C2CCC(c3ccccc3)CC2)CC1. The maximum atomic E-state index is 12.8. The van der Waals surface area contributed by atoms with Gasteiger partial charge in [-0.2, -0.15) is 13.2 Å². The molecule has 35 heavy (non-hydrogen) atoms. The second-order valence-corrected chi connectivity index (χ2v) is 9.56. The van der Waals surface area contributed by atoms with Crippen LogP contribution >= 0.6 is 0 Å². The number of carbonyl (C=O) groups is 2. The van der Waals surface area contributed by atoms with Crippen molar-refractivity contribution in [2.24, 2.45) is 0 Å². The fraction of sp³-hybridized carbons (Fsp3) is 0.481. The van der Waals surface area contributed by atoms with Gasteiger partial charge in [0.1, 0.15) is 0 Å². The fourth-order valence-corrected chi connectivity index (χ4v) is 5.29. The highest BCUT2D eigenvalue weighted by Gasteiger charge is 2.31. The Morgan fingerprint density at radius 2 is 1.57 bits per heavy atom. The highest BCUT2D eigenvalue weighted by atomic mass is 19.4. The molecule has 1 saturated heterocycles. The van der Waals surface area contributed by atoms with Crippen molar-refractivity contribution in [3.05, 3.63) is 71.3 Å². The van der Waals surface area contributed by atoms with Gasteiger partial charge in [-0.1, -0.05) is 36.4 Å². The normalized spacial score (nSPS) is 21.9. The molecule has 1 aliphatic heterocycles. The van der Waals surface area contributed by atoms with Crippen LogP contribution < -0.4 is 10.6 Å². The zero-order chi connectivity index (χ0) is 24.8. The number of likely N-dealkylation sites (tertiary alicyclic amines) is 1. The Kier molecular flexibility index (Phi) is 8.11. The van der Waals surface area contributed by atoms with Crippen molar-refractivity contribution in [1.29, 1.82) is 0 Å². The number of piperidine rings is 1. The summed E-state index contributed by atoms with van der Waals surface area (Å²) in [6, 6.07) is 15.5. The molecule has 5 nitrogen and oxygen atoms in total. The summed E-state index contributed by atoms with van der Waals surface area (Å²) in [5, 5.41) is 5.37. The Labute approximate surface area is 204 Å². The van der Waals surface area contributed by atoms with Crippen molar-refractivity contribution in [1.82, 2.24) is 15.5 Å². The van der Waals surface area contributed by atoms with Crippen molar-refractivity contribution in [3.63, 3.8) is 0 Å². The average molecular weight is 488 g/mol. The average Bonchev–Trinajstić information content (AvgIpc) is 2.88. The molecule has 1 aliphatic carbocycles. The number of amides is 2. The highest BCUT2D eigenvalue weighted by Crippen LogP contribution is 2.35. The van der Waals surface area contributed by atoms with Crippen LogP contribution in [0.2, 0.25) is 0 Å². The minimum absolute atomic E-state index is 0.0462. The summed E-state index contributed by atoms with van der Waals surface area (Å²) in [6.07, 6.45) is 1.98. The molecule has 0 atom stereocenters. The highest BCUT2D eigenvalue weighted by molar-refractivity contribution is 5.96. The van der Waals surface area contributed by atoms with Gasteiger partial charge in [0.15, 0.2) is 0 Å². The van der Waals surface area contributed by atoms with Gasteiger partial charge in [-0.25, -0.2) is 0 Å². The lowest BCUT2D eigenvalue weighted by atomic mass is 9.81. The first-order chi connectivity index (χ1) is 16.8. The standard InChI is InChI=1S/C27H32F3N3O2/c28-27(29,30)22-8-4-7-21(17-22)26(35)31-18-25(34)32-23-13-15-33(16-14-23)24-11-9-20(10-12-24)19-5-2-1-3-6-19/h1-8,17,20,23-24H,9-16,18H2,(H,31,35)(H,32,34). The molecule has 188 valence electrons. The second-order valence-electron chi connectivity index (χ2n) is 9.56. The van der Waals surface area contributed by atoms with Crippen LogP contribution in [0.3, 0.4) is 0 Å². The Morgan fingerprint density at radius 1 is 0.886 bits per heavy atom. The molecule has 4 rings (SSSR count). The van der Waals surface area contributed by atoms with Crippen LogP contribution in [0.4, 0.5) is 13.2 Å². The van der Waals surface area contributed by atoms with E-state index in [1.807, 2.05) is 0 Å². The predicted molar refractivity (Wildman–Crippen MR) is 128 cm³/mol. The fourth-order valence-electron chi connectivity index (χ4n) is 5.29. The zero-order valence-corrected chi connectivity index (χ0v) is 19.7. The molecule has 2 fully saturated rings. The molecule has 1 saturated carbocycles. The van der Waals surface area contributed by atoms with Crippen LogP contribution in [0.15, 0.2) is 54.6 Å². The number of nitrogens with one attached hydrogen (secondary N) is 2. The van der Waals surface area contributed by atoms with Crippen LogP contribution in [0.5, 0.6) is 0 Å². The van der Waals surface area contributed by atoms with Crippen LogP contribution in [0.25, 0.3) is 0 Å². The number of rotatable bonds is 6. The van der Waals surface area contributed by atoms with Crippen molar-refractivity contribution in [3.8, 4) is 0 Å². The molecular weight excluding hydrogens is 455 g/mol. The van der Waals surface area contributed by atoms with E-state index in [0.717, 1.165) is 38.1 Å². The Balaban J connectivity index is 1.16.